The molecule has 1 aromatic carbocycles. The van der Waals surface area contributed by atoms with E-state index in [1.165, 1.54) is 12.1 Å². The summed E-state index contributed by atoms with van der Waals surface area (Å²) in [6.45, 7) is 2.63. The van der Waals surface area contributed by atoms with Crippen molar-refractivity contribution in [2.24, 2.45) is 0 Å². The molecule has 6 heteroatoms. The van der Waals surface area contributed by atoms with Gasteiger partial charge >= 0.3 is 11.9 Å². The van der Waals surface area contributed by atoms with Crippen molar-refractivity contribution in [2.45, 2.75) is 19.8 Å². The highest BCUT2D eigenvalue weighted by atomic mass is 17.2. The highest BCUT2D eigenvalue weighted by molar-refractivity contribution is 6.02. The van der Waals surface area contributed by atoms with E-state index >= 15 is 0 Å². The van der Waals surface area contributed by atoms with Gasteiger partial charge in [-0.15, -0.1) is 0 Å². The highest BCUT2D eigenvalue weighted by Crippen LogP contribution is 2.10. The molecule has 110 valence electrons. The Morgan fingerprint density at radius 1 is 1.05 bits per heavy atom. The van der Waals surface area contributed by atoms with Crippen LogP contribution in [-0.2, 0) is 14.5 Å². The van der Waals surface area contributed by atoms with Gasteiger partial charge in [0, 0.05) is 0 Å². The predicted octanol–water partition coefficient (Wildman–Crippen LogP) is 2.29. The molecule has 0 heterocycles. The standard InChI is InChI=1S/C14H18O6/c1-2-3-8-19-20-10-9-18-14(17)12-7-5-4-6-11(12)13(15)16/h4-7H,2-3,8-10H2,1H3,(H,15,16). The van der Waals surface area contributed by atoms with Gasteiger partial charge in [-0.25, -0.2) is 19.4 Å². The minimum absolute atomic E-state index is 0.00108. The lowest BCUT2D eigenvalue weighted by Crippen LogP contribution is -2.14. The first kappa shape index (κ1) is 16.1. The fourth-order valence-electron chi connectivity index (χ4n) is 1.41. The number of unbranched alkanes of at least 4 members (excludes halogenated alkanes) is 1. The van der Waals surface area contributed by atoms with Gasteiger partial charge in [0.2, 0.25) is 0 Å². The van der Waals surface area contributed by atoms with Crippen LogP contribution in [0.2, 0.25) is 0 Å². The van der Waals surface area contributed by atoms with Crippen molar-refractivity contribution < 1.29 is 29.2 Å². The van der Waals surface area contributed by atoms with Gasteiger partial charge in [-0.3, -0.25) is 0 Å². The first-order valence-corrected chi connectivity index (χ1v) is 6.40. The summed E-state index contributed by atoms with van der Waals surface area (Å²) in [4.78, 5) is 32.3. The van der Waals surface area contributed by atoms with Crippen LogP contribution in [0.25, 0.3) is 0 Å². The van der Waals surface area contributed by atoms with Gasteiger partial charge in [0.25, 0.3) is 0 Å². The van der Waals surface area contributed by atoms with E-state index in [-0.39, 0.29) is 24.3 Å². The first-order valence-electron chi connectivity index (χ1n) is 6.40. The van der Waals surface area contributed by atoms with Crippen molar-refractivity contribution in [3.05, 3.63) is 35.4 Å². The molecule has 0 unspecified atom stereocenters. The van der Waals surface area contributed by atoms with Gasteiger partial charge in [0.1, 0.15) is 13.2 Å². The number of esters is 1. The zero-order chi connectivity index (χ0) is 14.8. The summed E-state index contributed by atoms with van der Waals surface area (Å²) in [6.07, 6.45) is 1.90. The number of carbonyl (C=O) groups is 2. The van der Waals surface area contributed by atoms with Crippen LogP contribution in [0, 0.1) is 0 Å². The molecular weight excluding hydrogens is 264 g/mol. The molecular formula is C14H18O6. The van der Waals surface area contributed by atoms with Crippen LogP contribution >= 0.6 is 0 Å². The SMILES string of the molecule is CCCCOOCCOC(=O)c1ccccc1C(=O)O. The van der Waals surface area contributed by atoms with Crippen LogP contribution in [0.1, 0.15) is 40.5 Å². The third-order valence-electron chi connectivity index (χ3n) is 2.44. The maximum Gasteiger partial charge on any atom is 0.339 e. The van der Waals surface area contributed by atoms with E-state index in [0.717, 1.165) is 12.8 Å². The number of ether oxygens (including phenoxy) is 1. The molecule has 0 aromatic heterocycles. The fraction of sp³-hybridized carbons (Fsp3) is 0.429. The lowest BCUT2D eigenvalue weighted by atomic mass is 10.1. The molecule has 0 aliphatic carbocycles. The average molecular weight is 282 g/mol. The normalized spacial score (nSPS) is 10.2. The second-order valence-corrected chi connectivity index (χ2v) is 3.98. The molecule has 0 aliphatic heterocycles. The second-order valence-electron chi connectivity index (χ2n) is 3.98. The van der Waals surface area contributed by atoms with Gasteiger partial charge in [-0.1, -0.05) is 25.5 Å². The smallest absolute Gasteiger partial charge is 0.339 e. The molecule has 0 fully saturated rings. The fourth-order valence-corrected chi connectivity index (χ4v) is 1.41. The topological polar surface area (TPSA) is 82.1 Å². The third-order valence-corrected chi connectivity index (χ3v) is 2.44. The Morgan fingerprint density at radius 2 is 1.70 bits per heavy atom. The molecule has 0 atom stereocenters. The summed E-state index contributed by atoms with van der Waals surface area (Å²) in [5, 5.41) is 8.95. The Kier molecular flexibility index (Phi) is 7.31. The van der Waals surface area contributed by atoms with Gasteiger partial charge in [-0.05, 0) is 18.6 Å². The monoisotopic (exact) mass is 282 g/mol. The van der Waals surface area contributed by atoms with Crippen LogP contribution < -0.4 is 0 Å². The Balaban J connectivity index is 2.35. The molecule has 0 radical (unpaired) electrons. The number of carboxylic acids is 1. The number of aromatic carboxylic acids is 1. The van der Waals surface area contributed by atoms with Gasteiger partial charge in [-0.2, -0.15) is 0 Å². The van der Waals surface area contributed by atoms with E-state index in [1.807, 2.05) is 6.92 Å². The highest BCUT2D eigenvalue weighted by Gasteiger charge is 2.16. The maximum absolute atomic E-state index is 11.7. The number of hydrogen-bond donors (Lipinski definition) is 1. The van der Waals surface area contributed by atoms with Crippen LogP contribution in [0.4, 0.5) is 0 Å². The Morgan fingerprint density at radius 3 is 2.35 bits per heavy atom. The molecule has 20 heavy (non-hydrogen) atoms. The Hall–Kier alpha value is -1.92. The minimum Gasteiger partial charge on any atom is -0.478 e. The van der Waals surface area contributed by atoms with Crippen LogP contribution in [-0.4, -0.2) is 36.9 Å². The maximum atomic E-state index is 11.7. The summed E-state index contributed by atoms with van der Waals surface area (Å²) in [5.74, 6) is -1.86. The zero-order valence-corrected chi connectivity index (χ0v) is 11.3. The van der Waals surface area contributed by atoms with Gasteiger partial charge in [0.15, 0.2) is 0 Å². The largest absolute Gasteiger partial charge is 0.478 e. The second kappa shape index (κ2) is 9.06. The third kappa shape index (κ3) is 5.38. The molecule has 1 N–H and O–H groups in total. The molecule has 0 aliphatic rings. The number of carbonyl (C=O) groups excluding carboxylic acids is 1. The number of benzene rings is 1. The molecule has 0 saturated heterocycles. The molecule has 1 rings (SSSR count). The van der Waals surface area contributed by atoms with Gasteiger partial charge in [0.05, 0.1) is 17.7 Å². The summed E-state index contributed by atoms with van der Waals surface area (Å²) >= 11 is 0. The van der Waals surface area contributed by atoms with Crippen molar-refractivity contribution in [3.63, 3.8) is 0 Å². The first-order chi connectivity index (χ1) is 9.66. The minimum atomic E-state index is -1.17. The molecule has 0 saturated carbocycles. The summed E-state index contributed by atoms with van der Waals surface area (Å²) in [5.41, 5.74) is -0.0653. The van der Waals surface area contributed by atoms with Crippen molar-refractivity contribution in [1.29, 1.82) is 0 Å². The van der Waals surface area contributed by atoms with Crippen molar-refractivity contribution >= 4 is 11.9 Å². The number of carboxylic acid groups (broad SMARTS) is 1. The van der Waals surface area contributed by atoms with Crippen LogP contribution in [0.3, 0.4) is 0 Å². The predicted molar refractivity (Wildman–Crippen MR) is 70.5 cm³/mol. The number of rotatable bonds is 9. The molecule has 0 amide bonds. The van der Waals surface area contributed by atoms with Crippen molar-refractivity contribution in [1.82, 2.24) is 0 Å². The van der Waals surface area contributed by atoms with Gasteiger partial charge < -0.3 is 9.84 Å². The van der Waals surface area contributed by atoms with Crippen molar-refractivity contribution in [3.8, 4) is 0 Å². The number of hydrogen-bond acceptors (Lipinski definition) is 5. The van der Waals surface area contributed by atoms with E-state index in [0.29, 0.717) is 6.61 Å². The lowest BCUT2D eigenvalue weighted by Gasteiger charge is -2.07. The Labute approximate surface area is 117 Å². The molecule has 6 nitrogen and oxygen atoms in total. The van der Waals surface area contributed by atoms with E-state index in [9.17, 15) is 9.59 Å². The van der Waals surface area contributed by atoms with E-state index < -0.39 is 11.9 Å². The zero-order valence-electron chi connectivity index (χ0n) is 11.3. The van der Waals surface area contributed by atoms with E-state index in [2.05, 4.69) is 0 Å². The van der Waals surface area contributed by atoms with Crippen LogP contribution in [0.5, 0.6) is 0 Å². The van der Waals surface area contributed by atoms with E-state index in [1.54, 1.807) is 12.1 Å². The summed E-state index contributed by atoms with van der Waals surface area (Å²) < 4.78 is 4.92. The summed E-state index contributed by atoms with van der Waals surface area (Å²) in [6, 6.07) is 5.88. The quantitative estimate of drug-likeness (QED) is 0.324. The molecule has 0 bridgehead atoms. The molecule has 0 spiro atoms. The Bertz CT molecular complexity index is 443. The lowest BCUT2D eigenvalue weighted by molar-refractivity contribution is -0.297. The van der Waals surface area contributed by atoms with Crippen LogP contribution in [0.15, 0.2) is 24.3 Å². The summed E-state index contributed by atoms with van der Waals surface area (Å²) in [7, 11) is 0. The van der Waals surface area contributed by atoms with Crippen molar-refractivity contribution in [2.75, 3.05) is 19.8 Å². The van der Waals surface area contributed by atoms with E-state index in [4.69, 9.17) is 19.6 Å². The molecule has 1 aromatic rings. The average Bonchev–Trinajstić information content (AvgIpc) is 2.46.